The fraction of sp³-hybridized carbons (Fsp3) is 0. The quantitative estimate of drug-likeness (QED) is 0.734. The van der Waals surface area contributed by atoms with Gasteiger partial charge in [0.15, 0.2) is 5.78 Å². The van der Waals surface area contributed by atoms with Crippen LogP contribution < -0.4 is 0 Å². The molecular formula is C16H10Cl2N2O2. The molecule has 2 aromatic carbocycles. The lowest BCUT2D eigenvalue weighted by Crippen LogP contribution is -2.01. The lowest BCUT2D eigenvalue weighted by molar-refractivity contribution is 0.103. The van der Waals surface area contributed by atoms with Crippen LogP contribution in [0.4, 0.5) is 0 Å². The van der Waals surface area contributed by atoms with Crippen molar-refractivity contribution < 1.29 is 9.90 Å². The van der Waals surface area contributed by atoms with Crippen molar-refractivity contribution >= 4 is 29.0 Å². The van der Waals surface area contributed by atoms with Crippen molar-refractivity contribution in [2.24, 2.45) is 0 Å². The average Bonchev–Trinajstić information content (AvgIpc) is 3.01. The molecule has 1 heterocycles. The minimum Gasteiger partial charge on any atom is -0.507 e. The second-order valence-electron chi connectivity index (χ2n) is 4.62. The fourth-order valence-electron chi connectivity index (χ4n) is 2.04. The Balaban J connectivity index is 1.97. The lowest BCUT2D eigenvalue weighted by Gasteiger charge is -2.04. The number of carbonyl (C=O) groups is 1. The Morgan fingerprint density at radius 3 is 2.50 bits per heavy atom. The van der Waals surface area contributed by atoms with Crippen LogP contribution in [0.25, 0.3) is 5.69 Å². The minimum atomic E-state index is -0.377. The van der Waals surface area contributed by atoms with Crippen LogP contribution in [-0.4, -0.2) is 20.7 Å². The highest BCUT2D eigenvalue weighted by molar-refractivity contribution is 6.42. The van der Waals surface area contributed by atoms with Crippen molar-refractivity contribution in [2.75, 3.05) is 0 Å². The number of carbonyl (C=O) groups excluding carboxylic acids is 1. The maximum absolute atomic E-state index is 12.5. The van der Waals surface area contributed by atoms with Crippen LogP contribution in [0.1, 0.15) is 15.9 Å². The van der Waals surface area contributed by atoms with E-state index in [0.29, 0.717) is 5.56 Å². The summed E-state index contributed by atoms with van der Waals surface area (Å²) in [5, 5.41) is 14.4. The Labute approximate surface area is 136 Å². The summed E-state index contributed by atoms with van der Waals surface area (Å²) >= 11 is 11.7. The molecule has 1 aromatic heterocycles. The number of halogens is 2. The van der Waals surface area contributed by atoms with Gasteiger partial charge in [-0.3, -0.25) is 4.79 Å². The van der Waals surface area contributed by atoms with Gasteiger partial charge in [-0.05, 0) is 18.2 Å². The zero-order valence-corrected chi connectivity index (χ0v) is 12.7. The Morgan fingerprint density at radius 1 is 1.09 bits per heavy atom. The number of aromatic nitrogens is 2. The van der Waals surface area contributed by atoms with E-state index in [1.54, 1.807) is 10.9 Å². The van der Waals surface area contributed by atoms with Gasteiger partial charge in [0, 0.05) is 12.3 Å². The number of nitrogens with zero attached hydrogens (tertiary/aromatic N) is 2. The van der Waals surface area contributed by atoms with E-state index >= 15 is 0 Å². The first-order chi connectivity index (χ1) is 10.6. The second kappa shape index (κ2) is 5.83. The van der Waals surface area contributed by atoms with E-state index in [1.807, 2.05) is 30.3 Å². The maximum Gasteiger partial charge on any atom is 0.199 e. The van der Waals surface area contributed by atoms with E-state index in [0.717, 1.165) is 5.69 Å². The summed E-state index contributed by atoms with van der Waals surface area (Å²) in [6.45, 7) is 0. The number of aromatic hydroxyl groups is 1. The van der Waals surface area contributed by atoms with Gasteiger partial charge in [0.2, 0.25) is 0 Å². The molecule has 0 amide bonds. The standard InChI is InChI=1S/C16H10Cl2N2O2/c17-13-6-12(15(21)7-14(13)18)16(22)10-8-19-20(9-10)11-4-2-1-3-5-11/h1-9,21H. The highest BCUT2D eigenvalue weighted by Gasteiger charge is 2.17. The predicted molar refractivity (Wildman–Crippen MR) is 85.1 cm³/mol. The summed E-state index contributed by atoms with van der Waals surface area (Å²) in [5.41, 5.74) is 1.26. The van der Waals surface area contributed by atoms with Crippen LogP contribution in [0.2, 0.25) is 10.0 Å². The van der Waals surface area contributed by atoms with Crippen LogP contribution in [-0.2, 0) is 0 Å². The Kier molecular flexibility index (Phi) is 3.88. The molecule has 3 aromatic rings. The maximum atomic E-state index is 12.5. The molecule has 0 saturated heterocycles. The van der Waals surface area contributed by atoms with Crippen molar-refractivity contribution in [3.63, 3.8) is 0 Å². The van der Waals surface area contributed by atoms with E-state index in [9.17, 15) is 9.90 Å². The van der Waals surface area contributed by atoms with Gasteiger partial charge in [-0.2, -0.15) is 5.10 Å². The summed E-state index contributed by atoms with van der Waals surface area (Å²) in [7, 11) is 0. The van der Waals surface area contributed by atoms with Gasteiger partial charge < -0.3 is 5.11 Å². The zero-order chi connectivity index (χ0) is 15.7. The third kappa shape index (κ3) is 2.71. The van der Waals surface area contributed by atoms with Crippen molar-refractivity contribution in [1.82, 2.24) is 9.78 Å². The van der Waals surface area contributed by atoms with E-state index in [-0.39, 0.29) is 27.1 Å². The third-order valence-electron chi connectivity index (χ3n) is 3.15. The van der Waals surface area contributed by atoms with E-state index in [4.69, 9.17) is 23.2 Å². The molecule has 0 radical (unpaired) electrons. The molecular weight excluding hydrogens is 323 g/mol. The van der Waals surface area contributed by atoms with Crippen LogP contribution in [0.15, 0.2) is 54.9 Å². The molecule has 0 atom stereocenters. The number of hydrogen-bond acceptors (Lipinski definition) is 3. The van der Waals surface area contributed by atoms with Crippen LogP contribution >= 0.6 is 23.2 Å². The Hall–Kier alpha value is -2.30. The molecule has 0 aliphatic heterocycles. The third-order valence-corrected chi connectivity index (χ3v) is 3.87. The molecule has 0 fully saturated rings. The summed E-state index contributed by atoms with van der Waals surface area (Å²) < 4.78 is 1.59. The molecule has 0 aliphatic rings. The highest BCUT2D eigenvalue weighted by atomic mass is 35.5. The largest absolute Gasteiger partial charge is 0.507 e. The molecule has 0 aliphatic carbocycles. The van der Waals surface area contributed by atoms with E-state index in [1.165, 1.54) is 18.3 Å². The number of phenols is 1. The lowest BCUT2D eigenvalue weighted by atomic mass is 10.1. The summed E-state index contributed by atoms with van der Waals surface area (Å²) in [6, 6.07) is 12.0. The predicted octanol–water partition coefficient (Wildman–Crippen LogP) is 4.12. The van der Waals surface area contributed by atoms with Crippen LogP contribution in [0.5, 0.6) is 5.75 Å². The molecule has 4 nitrogen and oxygen atoms in total. The van der Waals surface area contributed by atoms with Gasteiger partial charge >= 0.3 is 0 Å². The first kappa shape index (κ1) is 14.6. The van der Waals surface area contributed by atoms with Gasteiger partial charge in [-0.25, -0.2) is 4.68 Å². The average molecular weight is 333 g/mol. The van der Waals surface area contributed by atoms with Gasteiger partial charge in [-0.1, -0.05) is 41.4 Å². The van der Waals surface area contributed by atoms with Crippen molar-refractivity contribution in [1.29, 1.82) is 0 Å². The van der Waals surface area contributed by atoms with Gasteiger partial charge in [0.25, 0.3) is 0 Å². The molecule has 0 saturated carbocycles. The molecule has 22 heavy (non-hydrogen) atoms. The molecule has 0 spiro atoms. The molecule has 0 bridgehead atoms. The first-order valence-electron chi connectivity index (χ1n) is 6.39. The van der Waals surface area contributed by atoms with Crippen molar-refractivity contribution in [2.45, 2.75) is 0 Å². The summed E-state index contributed by atoms with van der Waals surface area (Å²) in [6.07, 6.45) is 3.04. The Bertz CT molecular complexity index is 845. The van der Waals surface area contributed by atoms with Crippen LogP contribution in [0, 0.1) is 0 Å². The van der Waals surface area contributed by atoms with E-state index in [2.05, 4.69) is 5.10 Å². The van der Waals surface area contributed by atoms with E-state index < -0.39 is 0 Å². The number of rotatable bonds is 3. The fourth-order valence-corrected chi connectivity index (χ4v) is 2.36. The molecule has 110 valence electrons. The number of para-hydroxylation sites is 1. The highest BCUT2D eigenvalue weighted by Crippen LogP contribution is 2.31. The van der Waals surface area contributed by atoms with Gasteiger partial charge in [0.1, 0.15) is 5.75 Å². The number of benzene rings is 2. The Morgan fingerprint density at radius 2 is 1.77 bits per heavy atom. The molecule has 6 heteroatoms. The number of phenolic OH excluding ortho intramolecular Hbond substituents is 1. The van der Waals surface area contributed by atoms with Gasteiger partial charge in [-0.15, -0.1) is 0 Å². The number of hydrogen-bond donors (Lipinski definition) is 1. The molecule has 3 rings (SSSR count). The minimum absolute atomic E-state index is 0.0852. The number of ketones is 1. The van der Waals surface area contributed by atoms with Gasteiger partial charge in [0.05, 0.1) is 33.1 Å². The van der Waals surface area contributed by atoms with Crippen LogP contribution in [0.3, 0.4) is 0 Å². The summed E-state index contributed by atoms with van der Waals surface area (Å²) in [5.74, 6) is -0.592. The van der Waals surface area contributed by atoms with Crippen molar-refractivity contribution in [3.05, 3.63) is 76.0 Å². The summed E-state index contributed by atoms with van der Waals surface area (Å²) in [4.78, 5) is 12.5. The smallest absolute Gasteiger partial charge is 0.199 e. The second-order valence-corrected chi connectivity index (χ2v) is 5.44. The zero-order valence-electron chi connectivity index (χ0n) is 11.2. The monoisotopic (exact) mass is 332 g/mol. The molecule has 1 N–H and O–H groups in total. The van der Waals surface area contributed by atoms with Crippen molar-refractivity contribution in [3.8, 4) is 11.4 Å². The normalized spacial score (nSPS) is 10.6. The SMILES string of the molecule is O=C(c1cnn(-c2ccccc2)c1)c1cc(Cl)c(Cl)cc1O. The first-order valence-corrected chi connectivity index (χ1v) is 7.14. The molecule has 0 unspecified atom stereocenters. The topological polar surface area (TPSA) is 55.1 Å².